The van der Waals surface area contributed by atoms with Crippen molar-refractivity contribution in [1.82, 2.24) is 20.5 Å². The minimum atomic E-state index is -1.24. The fraction of sp³-hybridized carbons (Fsp3) is 0.500. The molecule has 0 spiro atoms. The number of fused-ring (bicyclic) bond motifs is 1. The van der Waals surface area contributed by atoms with Gasteiger partial charge in [0.2, 0.25) is 17.7 Å². The largest absolute Gasteiger partial charge is 0.480 e. The van der Waals surface area contributed by atoms with Crippen molar-refractivity contribution in [2.45, 2.75) is 49.9 Å². The van der Waals surface area contributed by atoms with Gasteiger partial charge in [-0.15, -0.1) is 0 Å². The predicted molar refractivity (Wildman–Crippen MR) is 136 cm³/mol. The summed E-state index contributed by atoms with van der Waals surface area (Å²) in [5, 5.41) is 25.4. The first-order chi connectivity index (χ1) is 17.3. The Morgan fingerprint density at radius 2 is 1.97 bits per heavy atom. The van der Waals surface area contributed by atoms with Crippen molar-refractivity contribution < 1.29 is 29.4 Å². The summed E-state index contributed by atoms with van der Waals surface area (Å²) >= 11 is 1.54. The smallest absolute Gasteiger partial charge is 0.326 e. The summed E-state index contributed by atoms with van der Waals surface area (Å²) in [6.45, 7) is -0.398. The standard InChI is InChI=1S/C24H33N5O6S/c1-36-10-8-16(25)21(31)28-19(13-30)23(33)29-9-4-7-20(29)22(32)27-18(24(34)35)11-14-12-26-17-6-3-2-5-15(14)17/h2-3,5-6,12,16,18-20,26,30H,4,7-11,13,25H2,1H3,(H,27,32)(H,28,31)(H,34,35). The molecule has 4 atom stereocenters. The Morgan fingerprint density at radius 3 is 2.67 bits per heavy atom. The molecule has 2 heterocycles. The number of rotatable bonds is 12. The third-order valence-corrected chi connectivity index (χ3v) is 6.96. The average Bonchev–Trinajstić information content (AvgIpc) is 3.52. The fourth-order valence-corrected chi connectivity index (χ4v) is 4.82. The van der Waals surface area contributed by atoms with Crippen molar-refractivity contribution in [1.29, 1.82) is 0 Å². The molecule has 3 amide bonds. The van der Waals surface area contributed by atoms with Gasteiger partial charge in [-0.25, -0.2) is 4.79 Å². The molecule has 1 aliphatic rings. The van der Waals surface area contributed by atoms with E-state index >= 15 is 0 Å². The molecule has 1 saturated heterocycles. The van der Waals surface area contributed by atoms with Crippen LogP contribution in [0.1, 0.15) is 24.8 Å². The van der Waals surface area contributed by atoms with Gasteiger partial charge in [0, 0.05) is 30.1 Å². The summed E-state index contributed by atoms with van der Waals surface area (Å²) in [4.78, 5) is 54.8. The number of H-pyrrole nitrogens is 1. The molecular weight excluding hydrogens is 486 g/mol. The number of nitrogens with one attached hydrogen (secondary N) is 3. The second-order valence-corrected chi connectivity index (χ2v) is 9.77. The van der Waals surface area contributed by atoms with Crippen molar-refractivity contribution in [3.05, 3.63) is 36.0 Å². The molecule has 36 heavy (non-hydrogen) atoms. The summed E-state index contributed by atoms with van der Waals surface area (Å²) in [5.41, 5.74) is 7.47. The Balaban J connectivity index is 1.66. The third-order valence-electron chi connectivity index (χ3n) is 6.32. The number of thioether (sulfide) groups is 1. The second-order valence-electron chi connectivity index (χ2n) is 8.78. The molecule has 0 bridgehead atoms. The zero-order valence-electron chi connectivity index (χ0n) is 20.1. The molecule has 1 fully saturated rings. The summed E-state index contributed by atoms with van der Waals surface area (Å²) in [6.07, 6.45) is 4.96. The number of benzene rings is 1. The number of aromatic nitrogens is 1. The van der Waals surface area contributed by atoms with Gasteiger partial charge in [-0.1, -0.05) is 18.2 Å². The van der Waals surface area contributed by atoms with Crippen molar-refractivity contribution in [2.24, 2.45) is 5.73 Å². The number of para-hydroxylation sites is 1. The van der Waals surface area contributed by atoms with Crippen LogP contribution < -0.4 is 16.4 Å². The highest BCUT2D eigenvalue weighted by Crippen LogP contribution is 2.21. The van der Waals surface area contributed by atoms with E-state index in [1.54, 1.807) is 6.20 Å². The number of aliphatic hydroxyl groups is 1. The Labute approximate surface area is 213 Å². The van der Waals surface area contributed by atoms with Crippen LogP contribution in [0.3, 0.4) is 0 Å². The Morgan fingerprint density at radius 1 is 1.22 bits per heavy atom. The Hall–Kier alpha value is -3.09. The minimum Gasteiger partial charge on any atom is -0.480 e. The van der Waals surface area contributed by atoms with E-state index in [0.29, 0.717) is 25.0 Å². The van der Waals surface area contributed by atoms with Gasteiger partial charge in [-0.3, -0.25) is 14.4 Å². The average molecular weight is 520 g/mol. The molecule has 2 aromatic rings. The zero-order valence-corrected chi connectivity index (χ0v) is 20.9. The molecule has 0 saturated carbocycles. The van der Waals surface area contributed by atoms with E-state index in [9.17, 15) is 29.4 Å². The Bertz CT molecular complexity index is 1090. The maximum absolute atomic E-state index is 13.1. The summed E-state index contributed by atoms with van der Waals surface area (Å²) in [5.74, 6) is -2.27. The predicted octanol–water partition coefficient (Wildman–Crippen LogP) is -0.172. The van der Waals surface area contributed by atoms with Crippen molar-refractivity contribution in [2.75, 3.05) is 25.2 Å². The van der Waals surface area contributed by atoms with E-state index < -0.39 is 54.5 Å². The van der Waals surface area contributed by atoms with Crippen molar-refractivity contribution in [3.63, 3.8) is 0 Å². The highest BCUT2D eigenvalue weighted by atomic mass is 32.2. The molecule has 11 nitrogen and oxygen atoms in total. The molecular formula is C24H33N5O6S. The number of nitrogens with two attached hydrogens (primary N) is 1. The number of nitrogens with zero attached hydrogens (tertiary/aromatic N) is 1. The highest BCUT2D eigenvalue weighted by molar-refractivity contribution is 7.98. The van der Waals surface area contributed by atoms with E-state index in [1.807, 2.05) is 30.5 Å². The Kier molecular flexibility index (Phi) is 9.73. The van der Waals surface area contributed by atoms with Gasteiger partial charge in [-0.2, -0.15) is 11.8 Å². The van der Waals surface area contributed by atoms with Crippen LogP contribution in [0.4, 0.5) is 0 Å². The molecule has 7 N–H and O–H groups in total. The van der Waals surface area contributed by atoms with Gasteiger partial charge in [0.25, 0.3) is 0 Å². The first-order valence-electron chi connectivity index (χ1n) is 11.8. The number of hydrogen-bond donors (Lipinski definition) is 6. The number of carbonyl (C=O) groups is 4. The number of carboxylic acid groups (broad SMARTS) is 1. The molecule has 12 heteroatoms. The quantitative estimate of drug-likeness (QED) is 0.224. The summed E-state index contributed by atoms with van der Waals surface area (Å²) in [6, 6.07) is 3.30. The number of aromatic amines is 1. The lowest BCUT2D eigenvalue weighted by atomic mass is 10.0. The molecule has 0 radical (unpaired) electrons. The first kappa shape index (κ1) is 27.5. The number of aliphatic carboxylic acids is 1. The number of likely N-dealkylation sites (tertiary alicyclic amines) is 1. The van der Waals surface area contributed by atoms with Crippen LogP contribution in [0.2, 0.25) is 0 Å². The number of aliphatic hydroxyl groups excluding tert-OH is 1. The first-order valence-corrected chi connectivity index (χ1v) is 13.2. The maximum Gasteiger partial charge on any atom is 0.326 e. The van der Waals surface area contributed by atoms with Gasteiger partial charge in [0.15, 0.2) is 0 Å². The van der Waals surface area contributed by atoms with Crippen LogP contribution in [-0.2, 0) is 25.6 Å². The van der Waals surface area contributed by atoms with Gasteiger partial charge >= 0.3 is 5.97 Å². The van der Waals surface area contributed by atoms with E-state index in [0.717, 1.165) is 16.5 Å². The van der Waals surface area contributed by atoms with Crippen molar-refractivity contribution in [3.8, 4) is 0 Å². The molecule has 1 aromatic heterocycles. The molecule has 3 rings (SSSR count). The summed E-state index contributed by atoms with van der Waals surface area (Å²) < 4.78 is 0. The van der Waals surface area contributed by atoms with Crippen LogP contribution in [0, 0.1) is 0 Å². The lowest BCUT2D eigenvalue weighted by molar-refractivity contribution is -0.145. The number of carbonyl (C=O) groups excluding carboxylic acids is 3. The van der Waals surface area contributed by atoms with Crippen LogP contribution >= 0.6 is 11.8 Å². The molecule has 196 valence electrons. The fourth-order valence-electron chi connectivity index (χ4n) is 4.33. The van der Waals surface area contributed by atoms with Gasteiger partial charge < -0.3 is 36.5 Å². The normalized spacial score (nSPS) is 18.0. The number of amides is 3. The van der Waals surface area contributed by atoms with Gasteiger partial charge in [0.1, 0.15) is 18.1 Å². The van der Waals surface area contributed by atoms with Crippen LogP contribution in [-0.4, -0.2) is 93.1 Å². The summed E-state index contributed by atoms with van der Waals surface area (Å²) in [7, 11) is 0. The molecule has 1 aromatic carbocycles. The van der Waals surface area contributed by atoms with Gasteiger partial charge in [-0.05, 0) is 42.9 Å². The lowest BCUT2D eigenvalue weighted by Crippen LogP contribution is -2.58. The second kappa shape index (κ2) is 12.7. The number of hydrogen-bond acceptors (Lipinski definition) is 7. The van der Waals surface area contributed by atoms with E-state index in [-0.39, 0.29) is 13.0 Å². The van der Waals surface area contributed by atoms with E-state index in [2.05, 4.69) is 15.6 Å². The SMILES string of the molecule is CSCCC(N)C(=O)NC(CO)C(=O)N1CCCC1C(=O)NC(Cc1c[nH]c2ccccc12)C(=O)O. The minimum absolute atomic E-state index is 0.0645. The third kappa shape index (κ3) is 6.56. The monoisotopic (exact) mass is 519 g/mol. The van der Waals surface area contributed by atoms with E-state index in [1.165, 1.54) is 16.7 Å². The highest BCUT2D eigenvalue weighted by Gasteiger charge is 2.39. The van der Waals surface area contributed by atoms with Crippen LogP contribution in [0.15, 0.2) is 30.5 Å². The number of carboxylic acids is 1. The maximum atomic E-state index is 13.1. The lowest BCUT2D eigenvalue weighted by Gasteiger charge is -2.29. The molecule has 1 aliphatic heterocycles. The van der Waals surface area contributed by atoms with Crippen LogP contribution in [0.25, 0.3) is 10.9 Å². The molecule has 4 unspecified atom stereocenters. The van der Waals surface area contributed by atoms with E-state index in [4.69, 9.17) is 5.73 Å². The molecule has 0 aliphatic carbocycles. The topological polar surface area (TPSA) is 178 Å². The zero-order chi connectivity index (χ0) is 26.2. The van der Waals surface area contributed by atoms with Crippen molar-refractivity contribution >= 4 is 46.4 Å². The van der Waals surface area contributed by atoms with Gasteiger partial charge in [0.05, 0.1) is 12.6 Å². The van der Waals surface area contributed by atoms with Crippen LogP contribution in [0.5, 0.6) is 0 Å².